The van der Waals surface area contributed by atoms with E-state index in [0.717, 1.165) is 56.8 Å². The van der Waals surface area contributed by atoms with Crippen LogP contribution in [0, 0.1) is 11.8 Å². The van der Waals surface area contributed by atoms with E-state index in [1.165, 1.54) is 19.3 Å². The third-order valence-corrected chi connectivity index (χ3v) is 5.46. The van der Waals surface area contributed by atoms with Gasteiger partial charge >= 0.3 is 0 Å². The van der Waals surface area contributed by atoms with Crippen molar-refractivity contribution >= 4 is 29.9 Å². The standard InChI is InChI=1S/C20H34N4O.HI/c1-4-17(5-2)18-11-15-24(16-18)20(21-3)22-12-7-9-14-23-13-8-6-10-19(23)25;/h6,8,10,13,17-18H,4-5,7,9,11-12,14-16H2,1-3H3,(H,21,22);1H. The van der Waals surface area contributed by atoms with Crippen molar-refractivity contribution in [2.24, 2.45) is 16.8 Å². The molecule has 0 aromatic carbocycles. The molecule has 1 unspecified atom stereocenters. The van der Waals surface area contributed by atoms with E-state index in [2.05, 4.69) is 29.1 Å². The SMILES string of the molecule is CCC(CC)C1CCN(C(=NC)NCCCCn2ccccc2=O)C1.I. The van der Waals surface area contributed by atoms with Gasteiger partial charge in [0.2, 0.25) is 5.56 Å². The van der Waals surface area contributed by atoms with Crippen molar-refractivity contribution in [2.75, 3.05) is 26.7 Å². The van der Waals surface area contributed by atoms with Gasteiger partial charge in [-0.15, -0.1) is 24.0 Å². The summed E-state index contributed by atoms with van der Waals surface area (Å²) in [6.07, 6.45) is 7.72. The zero-order chi connectivity index (χ0) is 18.1. The van der Waals surface area contributed by atoms with Crippen LogP contribution in [0.15, 0.2) is 34.2 Å². The first-order valence-corrected chi connectivity index (χ1v) is 9.80. The molecule has 6 heteroatoms. The molecule has 1 fully saturated rings. The zero-order valence-corrected chi connectivity index (χ0v) is 18.8. The van der Waals surface area contributed by atoms with Gasteiger partial charge in [-0.2, -0.15) is 0 Å². The summed E-state index contributed by atoms with van der Waals surface area (Å²) >= 11 is 0. The summed E-state index contributed by atoms with van der Waals surface area (Å²) in [7, 11) is 1.87. The smallest absolute Gasteiger partial charge is 0.250 e. The number of nitrogens with zero attached hydrogens (tertiary/aromatic N) is 3. The molecule has 0 bridgehead atoms. The van der Waals surface area contributed by atoms with Gasteiger partial charge in [-0.1, -0.05) is 32.8 Å². The molecule has 2 heterocycles. The summed E-state index contributed by atoms with van der Waals surface area (Å²) in [5.74, 6) is 2.68. The number of hydrogen-bond donors (Lipinski definition) is 1. The van der Waals surface area contributed by atoms with E-state index in [-0.39, 0.29) is 29.5 Å². The lowest BCUT2D eigenvalue weighted by Gasteiger charge is -2.24. The van der Waals surface area contributed by atoms with Gasteiger partial charge in [0.25, 0.3) is 0 Å². The molecular formula is C20H35IN4O. The minimum absolute atomic E-state index is 0. The molecule has 1 N–H and O–H groups in total. The third-order valence-electron chi connectivity index (χ3n) is 5.46. The number of nitrogens with one attached hydrogen (secondary N) is 1. The fraction of sp³-hybridized carbons (Fsp3) is 0.700. The van der Waals surface area contributed by atoms with Gasteiger partial charge < -0.3 is 14.8 Å². The summed E-state index contributed by atoms with van der Waals surface area (Å²) in [5.41, 5.74) is 0.0794. The molecule has 0 amide bonds. The van der Waals surface area contributed by atoms with Crippen molar-refractivity contribution < 1.29 is 0 Å². The van der Waals surface area contributed by atoms with Crippen molar-refractivity contribution in [1.29, 1.82) is 0 Å². The minimum Gasteiger partial charge on any atom is -0.356 e. The Labute approximate surface area is 175 Å². The van der Waals surface area contributed by atoms with Crippen LogP contribution in [-0.4, -0.2) is 42.1 Å². The Morgan fingerprint density at radius 1 is 1.31 bits per heavy atom. The highest BCUT2D eigenvalue weighted by Crippen LogP contribution is 2.28. The third kappa shape index (κ3) is 6.59. The Bertz CT molecular complexity index is 597. The van der Waals surface area contributed by atoms with Crippen LogP contribution in [0.3, 0.4) is 0 Å². The minimum atomic E-state index is 0. The lowest BCUT2D eigenvalue weighted by atomic mass is 9.87. The Morgan fingerprint density at radius 3 is 2.73 bits per heavy atom. The first-order valence-electron chi connectivity index (χ1n) is 9.80. The molecule has 0 saturated carbocycles. The number of rotatable bonds is 8. The van der Waals surface area contributed by atoms with Crippen LogP contribution in [0.25, 0.3) is 0 Å². The number of guanidine groups is 1. The van der Waals surface area contributed by atoms with Crippen LogP contribution in [0.5, 0.6) is 0 Å². The molecule has 26 heavy (non-hydrogen) atoms. The molecule has 1 atom stereocenters. The summed E-state index contributed by atoms with van der Waals surface area (Å²) in [5, 5.41) is 3.50. The summed E-state index contributed by atoms with van der Waals surface area (Å²) in [6, 6.07) is 5.31. The van der Waals surface area contributed by atoms with E-state index in [4.69, 9.17) is 0 Å². The number of pyridine rings is 1. The topological polar surface area (TPSA) is 49.6 Å². The Morgan fingerprint density at radius 2 is 2.08 bits per heavy atom. The van der Waals surface area contributed by atoms with E-state index in [9.17, 15) is 4.79 Å². The van der Waals surface area contributed by atoms with Crippen LogP contribution >= 0.6 is 24.0 Å². The second-order valence-electron chi connectivity index (χ2n) is 6.98. The normalized spacial score (nSPS) is 17.5. The van der Waals surface area contributed by atoms with Crippen LogP contribution < -0.4 is 10.9 Å². The predicted molar refractivity (Wildman–Crippen MR) is 120 cm³/mol. The molecule has 148 valence electrons. The maximum atomic E-state index is 11.7. The largest absolute Gasteiger partial charge is 0.356 e. The Balaban J connectivity index is 0.00000338. The monoisotopic (exact) mass is 474 g/mol. The van der Waals surface area contributed by atoms with E-state index in [1.54, 1.807) is 16.7 Å². The molecule has 5 nitrogen and oxygen atoms in total. The highest BCUT2D eigenvalue weighted by molar-refractivity contribution is 14.0. The van der Waals surface area contributed by atoms with Crippen LogP contribution in [0.2, 0.25) is 0 Å². The number of halogens is 1. The van der Waals surface area contributed by atoms with Gasteiger partial charge in [0, 0.05) is 45.5 Å². The van der Waals surface area contributed by atoms with E-state index < -0.39 is 0 Å². The van der Waals surface area contributed by atoms with Crippen LogP contribution in [0.1, 0.15) is 46.0 Å². The number of aryl methyl sites for hydroxylation is 1. The maximum Gasteiger partial charge on any atom is 0.250 e. The van der Waals surface area contributed by atoms with E-state index >= 15 is 0 Å². The van der Waals surface area contributed by atoms with Crippen molar-refractivity contribution in [3.8, 4) is 0 Å². The molecule has 2 rings (SSSR count). The number of likely N-dealkylation sites (tertiary alicyclic amines) is 1. The van der Waals surface area contributed by atoms with Crippen LogP contribution in [-0.2, 0) is 6.54 Å². The quantitative estimate of drug-likeness (QED) is 0.271. The fourth-order valence-electron chi connectivity index (χ4n) is 3.90. The van der Waals surface area contributed by atoms with Gasteiger partial charge in [0.1, 0.15) is 0 Å². The lowest BCUT2D eigenvalue weighted by Crippen LogP contribution is -2.40. The Hall–Kier alpha value is -1.05. The molecule has 0 aliphatic carbocycles. The molecule has 1 aromatic rings. The van der Waals surface area contributed by atoms with Crippen molar-refractivity contribution in [1.82, 2.24) is 14.8 Å². The molecule has 1 aliphatic rings. The molecule has 1 saturated heterocycles. The van der Waals surface area contributed by atoms with Gasteiger partial charge in [0.05, 0.1) is 0 Å². The zero-order valence-electron chi connectivity index (χ0n) is 16.5. The molecular weight excluding hydrogens is 439 g/mol. The average molecular weight is 474 g/mol. The van der Waals surface area contributed by atoms with Crippen molar-refractivity contribution in [3.05, 3.63) is 34.7 Å². The lowest BCUT2D eigenvalue weighted by molar-refractivity contribution is 0.319. The summed E-state index contributed by atoms with van der Waals surface area (Å²) < 4.78 is 1.77. The van der Waals surface area contributed by atoms with Gasteiger partial charge in [-0.25, -0.2) is 0 Å². The van der Waals surface area contributed by atoms with Gasteiger partial charge in [0.15, 0.2) is 5.96 Å². The average Bonchev–Trinajstić information content (AvgIpc) is 3.10. The van der Waals surface area contributed by atoms with E-state index in [1.807, 2.05) is 19.3 Å². The second kappa shape index (κ2) is 12.4. The number of aliphatic imine (C=N–C) groups is 1. The first kappa shape index (κ1) is 23.0. The predicted octanol–water partition coefficient (Wildman–Crippen LogP) is 3.58. The molecule has 1 aromatic heterocycles. The van der Waals surface area contributed by atoms with Gasteiger partial charge in [-0.05, 0) is 37.2 Å². The summed E-state index contributed by atoms with van der Waals surface area (Å²) in [4.78, 5) is 18.5. The van der Waals surface area contributed by atoms with Crippen molar-refractivity contribution in [2.45, 2.75) is 52.5 Å². The second-order valence-corrected chi connectivity index (χ2v) is 6.98. The van der Waals surface area contributed by atoms with Crippen LogP contribution in [0.4, 0.5) is 0 Å². The number of aromatic nitrogens is 1. The maximum absolute atomic E-state index is 11.7. The number of hydrogen-bond acceptors (Lipinski definition) is 2. The van der Waals surface area contributed by atoms with Crippen molar-refractivity contribution in [3.63, 3.8) is 0 Å². The molecule has 1 aliphatic heterocycles. The Kier molecular flexibility index (Phi) is 10.9. The molecule has 0 radical (unpaired) electrons. The fourth-order valence-corrected chi connectivity index (χ4v) is 3.90. The number of unbranched alkanes of at least 4 members (excludes halogenated alkanes) is 1. The first-order chi connectivity index (χ1) is 12.2. The highest BCUT2D eigenvalue weighted by Gasteiger charge is 2.29. The molecule has 0 spiro atoms. The van der Waals surface area contributed by atoms with Gasteiger partial charge in [-0.3, -0.25) is 9.79 Å². The highest BCUT2D eigenvalue weighted by atomic mass is 127. The van der Waals surface area contributed by atoms with E-state index in [0.29, 0.717) is 0 Å². The summed E-state index contributed by atoms with van der Waals surface area (Å²) in [6.45, 7) is 8.54.